The zero-order chi connectivity index (χ0) is 16.2. The van der Waals surface area contributed by atoms with Crippen LogP contribution in [0.15, 0.2) is 48.5 Å². The second-order valence-corrected chi connectivity index (χ2v) is 6.56. The number of benzene rings is 2. The van der Waals surface area contributed by atoms with Crippen LogP contribution in [0.1, 0.15) is 26.7 Å². The highest BCUT2D eigenvalue weighted by atomic mass is 32.2. The highest BCUT2D eigenvalue weighted by molar-refractivity contribution is 8.00. The number of hydrogen-bond acceptors (Lipinski definition) is 3. The first kappa shape index (κ1) is 15.6. The molecule has 0 aromatic heterocycles. The summed E-state index contributed by atoms with van der Waals surface area (Å²) in [6.45, 7) is 0. The number of hydrogen-bond donors (Lipinski definition) is 2. The summed E-state index contributed by atoms with van der Waals surface area (Å²) < 4.78 is 0. The van der Waals surface area contributed by atoms with E-state index in [1.165, 1.54) is 5.56 Å². The fraction of sp³-hybridized carbons (Fsp3) is 0.222. The second kappa shape index (κ2) is 6.87. The van der Waals surface area contributed by atoms with Crippen LogP contribution in [0.3, 0.4) is 0 Å². The maximum absolute atomic E-state index is 12.6. The first-order valence-electron chi connectivity index (χ1n) is 7.51. The van der Waals surface area contributed by atoms with Crippen molar-refractivity contribution in [2.75, 3.05) is 18.1 Å². The van der Waals surface area contributed by atoms with E-state index in [0.717, 1.165) is 17.7 Å². The minimum atomic E-state index is -0.205. The lowest BCUT2D eigenvalue weighted by molar-refractivity contribution is -0.115. The van der Waals surface area contributed by atoms with Crippen molar-refractivity contribution in [2.45, 2.75) is 11.7 Å². The van der Waals surface area contributed by atoms with Gasteiger partial charge in [-0.05, 0) is 41.5 Å². The van der Waals surface area contributed by atoms with Crippen LogP contribution in [0.4, 0.5) is 5.69 Å². The molecule has 1 heterocycles. The van der Waals surface area contributed by atoms with Crippen LogP contribution in [0.5, 0.6) is 0 Å². The Kier molecular flexibility index (Phi) is 4.67. The first-order chi connectivity index (χ1) is 11.2. The van der Waals surface area contributed by atoms with E-state index >= 15 is 0 Å². The second-order valence-electron chi connectivity index (χ2n) is 5.35. The summed E-state index contributed by atoms with van der Waals surface area (Å²) in [4.78, 5) is 24.3. The highest BCUT2D eigenvalue weighted by Gasteiger charge is 2.26. The summed E-state index contributed by atoms with van der Waals surface area (Å²) in [5.41, 5.74) is 3.50. The third kappa shape index (κ3) is 3.40. The Morgan fingerprint density at radius 2 is 1.96 bits per heavy atom. The molecular weight excluding hydrogens is 308 g/mol. The number of thioether (sulfide) groups is 1. The number of amides is 2. The Labute approximate surface area is 139 Å². The standard InChI is InChI=1S/C18H18N2O2S/c1-19-17(21)13-6-4-7-14(11-13)20-18(22)16-15-8-3-2-5-12(15)9-10-23-16/h2-8,11,16H,9-10H2,1H3,(H,19,21)(H,20,22). The number of carbonyl (C=O) groups is 2. The van der Waals surface area contributed by atoms with E-state index in [9.17, 15) is 9.59 Å². The van der Waals surface area contributed by atoms with Crippen LogP contribution in [0.2, 0.25) is 0 Å². The summed E-state index contributed by atoms with van der Waals surface area (Å²) in [6.07, 6.45) is 0.997. The lowest BCUT2D eigenvalue weighted by Gasteiger charge is -2.24. The predicted octanol–water partition coefficient (Wildman–Crippen LogP) is 3.02. The maximum Gasteiger partial charge on any atom is 0.251 e. The van der Waals surface area contributed by atoms with E-state index in [1.807, 2.05) is 18.2 Å². The summed E-state index contributed by atoms with van der Waals surface area (Å²) in [5.74, 6) is 0.725. The molecule has 3 rings (SSSR count). The minimum absolute atomic E-state index is 0.0452. The Morgan fingerprint density at radius 3 is 2.78 bits per heavy atom. The Bertz CT molecular complexity index is 745. The lowest BCUT2D eigenvalue weighted by Crippen LogP contribution is -2.23. The molecule has 118 valence electrons. The largest absolute Gasteiger partial charge is 0.355 e. The van der Waals surface area contributed by atoms with Gasteiger partial charge >= 0.3 is 0 Å². The average molecular weight is 326 g/mol. The van der Waals surface area contributed by atoms with Crippen molar-refractivity contribution >= 4 is 29.3 Å². The maximum atomic E-state index is 12.6. The molecule has 1 aliphatic heterocycles. The van der Waals surface area contributed by atoms with Gasteiger partial charge in [0.05, 0.1) is 0 Å². The number of anilines is 1. The van der Waals surface area contributed by atoms with Crippen molar-refractivity contribution in [1.29, 1.82) is 0 Å². The third-order valence-corrected chi connectivity index (χ3v) is 5.09. The van der Waals surface area contributed by atoms with Gasteiger partial charge in [0.2, 0.25) is 5.91 Å². The smallest absolute Gasteiger partial charge is 0.251 e. The van der Waals surface area contributed by atoms with Crippen LogP contribution in [-0.4, -0.2) is 24.6 Å². The van der Waals surface area contributed by atoms with Crippen LogP contribution in [0, 0.1) is 0 Å². The molecule has 0 aliphatic carbocycles. The number of aryl methyl sites for hydroxylation is 1. The van der Waals surface area contributed by atoms with Gasteiger partial charge in [-0.25, -0.2) is 0 Å². The van der Waals surface area contributed by atoms with Gasteiger partial charge in [0.1, 0.15) is 5.25 Å². The van der Waals surface area contributed by atoms with Crippen molar-refractivity contribution in [1.82, 2.24) is 5.32 Å². The van der Waals surface area contributed by atoms with E-state index in [1.54, 1.807) is 43.1 Å². The molecule has 0 saturated carbocycles. The summed E-state index contributed by atoms with van der Waals surface area (Å²) in [6, 6.07) is 15.1. The molecule has 2 N–H and O–H groups in total. The average Bonchev–Trinajstić information content (AvgIpc) is 2.60. The van der Waals surface area contributed by atoms with E-state index in [-0.39, 0.29) is 17.1 Å². The molecule has 5 heteroatoms. The number of rotatable bonds is 3. The van der Waals surface area contributed by atoms with E-state index in [4.69, 9.17) is 0 Å². The predicted molar refractivity (Wildman–Crippen MR) is 93.8 cm³/mol. The van der Waals surface area contributed by atoms with Gasteiger partial charge in [-0.1, -0.05) is 30.3 Å². The van der Waals surface area contributed by atoms with Crippen molar-refractivity contribution in [3.8, 4) is 0 Å². The monoisotopic (exact) mass is 326 g/mol. The van der Waals surface area contributed by atoms with Gasteiger partial charge in [-0.15, -0.1) is 11.8 Å². The summed E-state index contributed by atoms with van der Waals surface area (Å²) in [7, 11) is 1.59. The Morgan fingerprint density at radius 1 is 1.13 bits per heavy atom. The topological polar surface area (TPSA) is 58.2 Å². The number of fused-ring (bicyclic) bond motifs is 1. The van der Waals surface area contributed by atoms with Crippen LogP contribution >= 0.6 is 11.8 Å². The molecule has 0 fully saturated rings. The van der Waals surface area contributed by atoms with Crippen molar-refractivity contribution < 1.29 is 9.59 Å². The zero-order valence-corrected chi connectivity index (χ0v) is 13.7. The highest BCUT2D eigenvalue weighted by Crippen LogP contribution is 2.37. The normalized spacial score (nSPS) is 16.3. The molecule has 2 amide bonds. The first-order valence-corrected chi connectivity index (χ1v) is 8.56. The molecule has 1 aliphatic rings. The summed E-state index contributed by atoms with van der Waals surface area (Å²) >= 11 is 1.66. The number of carbonyl (C=O) groups excluding carboxylic acids is 2. The van der Waals surface area contributed by atoms with Gasteiger partial charge in [0.25, 0.3) is 5.91 Å². The molecule has 1 atom stereocenters. The zero-order valence-electron chi connectivity index (χ0n) is 12.8. The van der Waals surface area contributed by atoms with Crippen molar-refractivity contribution in [3.05, 3.63) is 65.2 Å². The van der Waals surface area contributed by atoms with E-state index < -0.39 is 0 Å². The van der Waals surface area contributed by atoms with Crippen LogP contribution < -0.4 is 10.6 Å². The number of nitrogens with one attached hydrogen (secondary N) is 2. The molecular formula is C18H18N2O2S. The van der Waals surface area contributed by atoms with Crippen molar-refractivity contribution in [2.24, 2.45) is 0 Å². The van der Waals surface area contributed by atoms with Gasteiger partial charge in [0, 0.05) is 18.3 Å². The molecule has 23 heavy (non-hydrogen) atoms. The SMILES string of the molecule is CNC(=O)c1cccc(NC(=O)C2SCCc3ccccc32)c1. The molecule has 0 bridgehead atoms. The summed E-state index contributed by atoms with van der Waals surface area (Å²) in [5, 5.41) is 5.31. The third-order valence-electron chi connectivity index (χ3n) is 3.85. The van der Waals surface area contributed by atoms with Gasteiger partial charge in [-0.3, -0.25) is 9.59 Å². The molecule has 0 spiro atoms. The van der Waals surface area contributed by atoms with Gasteiger partial charge in [-0.2, -0.15) is 0 Å². The Balaban J connectivity index is 1.79. The fourth-order valence-corrected chi connectivity index (χ4v) is 3.89. The Hall–Kier alpha value is -2.27. The lowest BCUT2D eigenvalue weighted by atomic mass is 10.0. The van der Waals surface area contributed by atoms with Crippen LogP contribution in [0.25, 0.3) is 0 Å². The van der Waals surface area contributed by atoms with E-state index in [0.29, 0.717) is 11.3 Å². The molecule has 4 nitrogen and oxygen atoms in total. The molecule has 2 aromatic rings. The molecule has 0 radical (unpaired) electrons. The molecule has 1 unspecified atom stereocenters. The molecule has 0 saturated heterocycles. The van der Waals surface area contributed by atoms with Crippen molar-refractivity contribution in [3.63, 3.8) is 0 Å². The van der Waals surface area contributed by atoms with Crippen LogP contribution in [-0.2, 0) is 11.2 Å². The van der Waals surface area contributed by atoms with Gasteiger partial charge in [0.15, 0.2) is 0 Å². The quantitative estimate of drug-likeness (QED) is 0.911. The molecule has 2 aromatic carbocycles. The van der Waals surface area contributed by atoms with Gasteiger partial charge < -0.3 is 10.6 Å². The minimum Gasteiger partial charge on any atom is -0.355 e. The van der Waals surface area contributed by atoms with E-state index in [2.05, 4.69) is 16.7 Å². The fourth-order valence-electron chi connectivity index (χ4n) is 2.70.